The van der Waals surface area contributed by atoms with Crippen LogP contribution in [-0.2, 0) is 6.42 Å². The third kappa shape index (κ3) is 3.11. The lowest BCUT2D eigenvalue weighted by molar-refractivity contribution is 0.104. The predicted octanol–water partition coefficient (Wildman–Crippen LogP) is 5.67. The van der Waals surface area contributed by atoms with Gasteiger partial charge in [-0.25, -0.2) is 0 Å². The SMILES string of the molecule is CCc1cc(/C(=C2\C=CC(=O)c3ccccc32)c2ccccc2)ccc1O. The zero-order chi connectivity index (χ0) is 18.8. The minimum Gasteiger partial charge on any atom is -0.508 e. The highest BCUT2D eigenvalue weighted by atomic mass is 16.3. The van der Waals surface area contributed by atoms with Crippen molar-refractivity contribution in [3.63, 3.8) is 0 Å². The molecule has 0 heterocycles. The van der Waals surface area contributed by atoms with Crippen molar-refractivity contribution < 1.29 is 9.90 Å². The van der Waals surface area contributed by atoms with Crippen molar-refractivity contribution in [3.8, 4) is 5.75 Å². The number of carbonyl (C=O) groups excluding carboxylic acids is 1. The van der Waals surface area contributed by atoms with E-state index in [-0.39, 0.29) is 5.78 Å². The van der Waals surface area contributed by atoms with Crippen LogP contribution in [-0.4, -0.2) is 10.9 Å². The summed E-state index contributed by atoms with van der Waals surface area (Å²) in [5.41, 5.74) is 6.75. The normalized spacial score (nSPS) is 14.8. The number of phenols is 1. The van der Waals surface area contributed by atoms with Crippen LogP contribution in [0.2, 0.25) is 0 Å². The number of aryl methyl sites for hydroxylation is 1. The number of allylic oxidation sites excluding steroid dienone is 3. The van der Waals surface area contributed by atoms with Crippen LogP contribution in [0.25, 0.3) is 11.1 Å². The third-order valence-corrected chi connectivity index (χ3v) is 4.96. The molecule has 0 radical (unpaired) electrons. The van der Waals surface area contributed by atoms with E-state index in [2.05, 4.69) is 12.1 Å². The second kappa shape index (κ2) is 7.08. The zero-order valence-corrected chi connectivity index (χ0v) is 15.1. The molecule has 3 aromatic rings. The molecular weight excluding hydrogens is 332 g/mol. The van der Waals surface area contributed by atoms with Gasteiger partial charge >= 0.3 is 0 Å². The molecule has 27 heavy (non-hydrogen) atoms. The number of rotatable bonds is 3. The molecule has 1 N–H and O–H groups in total. The number of fused-ring (bicyclic) bond motifs is 1. The van der Waals surface area contributed by atoms with Crippen LogP contribution >= 0.6 is 0 Å². The monoisotopic (exact) mass is 352 g/mol. The first-order valence-electron chi connectivity index (χ1n) is 9.13. The maximum atomic E-state index is 12.3. The maximum Gasteiger partial charge on any atom is 0.186 e. The van der Waals surface area contributed by atoms with Gasteiger partial charge in [0.2, 0.25) is 0 Å². The molecule has 0 aliphatic heterocycles. The summed E-state index contributed by atoms with van der Waals surface area (Å²) in [6, 6.07) is 23.6. The summed E-state index contributed by atoms with van der Waals surface area (Å²) in [5.74, 6) is 0.343. The van der Waals surface area contributed by atoms with Gasteiger partial charge in [-0.1, -0.05) is 67.6 Å². The molecule has 0 bridgehead atoms. The molecule has 3 aromatic carbocycles. The molecule has 0 saturated carbocycles. The number of hydrogen-bond acceptors (Lipinski definition) is 2. The molecule has 1 aliphatic rings. The molecule has 2 heteroatoms. The first-order valence-corrected chi connectivity index (χ1v) is 9.13. The fourth-order valence-electron chi connectivity index (χ4n) is 3.60. The number of ketones is 1. The smallest absolute Gasteiger partial charge is 0.186 e. The Morgan fingerprint density at radius 3 is 2.26 bits per heavy atom. The molecule has 0 spiro atoms. The Balaban J connectivity index is 2.05. The van der Waals surface area contributed by atoms with Gasteiger partial charge in [0, 0.05) is 5.56 Å². The Kier molecular flexibility index (Phi) is 4.47. The second-order valence-corrected chi connectivity index (χ2v) is 6.59. The van der Waals surface area contributed by atoms with Gasteiger partial charge in [-0.3, -0.25) is 4.79 Å². The molecular formula is C25H20O2. The van der Waals surface area contributed by atoms with Gasteiger partial charge in [-0.2, -0.15) is 0 Å². The lowest BCUT2D eigenvalue weighted by Gasteiger charge is -2.20. The minimum absolute atomic E-state index is 0.0294. The van der Waals surface area contributed by atoms with Crippen molar-refractivity contribution in [2.45, 2.75) is 13.3 Å². The fraction of sp³-hybridized carbons (Fsp3) is 0.0800. The van der Waals surface area contributed by atoms with Crippen LogP contribution in [0.3, 0.4) is 0 Å². The molecule has 0 aromatic heterocycles. The number of aromatic hydroxyl groups is 1. The van der Waals surface area contributed by atoms with Gasteiger partial charge in [-0.05, 0) is 64.1 Å². The largest absolute Gasteiger partial charge is 0.508 e. The van der Waals surface area contributed by atoms with Gasteiger partial charge in [0.05, 0.1) is 0 Å². The standard InChI is InChI=1S/C25H20O2/c1-2-17-16-19(12-14-23(17)26)25(18-8-4-3-5-9-18)22-13-15-24(27)21-11-7-6-10-20(21)22/h3-16,26H,2H2,1H3/b25-22+. The summed E-state index contributed by atoms with van der Waals surface area (Å²) in [4.78, 5) is 12.3. The number of carbonyl (C=O) groups is 1. The summed E-state index contributed by atoms with van der Waals surface area (Å²) in [6.45, 7) is 2.03. The van der Waals surface area contributed by atoms with Crippen molar-refractivity contribution >= 4 is 16.9 Å². The summed E-state index contributed by atoms with van der Waals surface area (Å²) in [6.07, 6.45) is 4.30. The van der Waals surface area contributed by atoms with Gasteiger partial charge in [-0.15, -0.1) is 0 Å². The van der Waals surface area contributed by atoms with Crippen molar-refractivity contribution in [1.29, 1.82) is 0 Å². The molecule has 0 fully saturated rings. The van der Waals surface area contributed by atoms with Crippen LogP contribution in [0.1, 0.15) is 39.5 Å². The van der Waals surface area contributed by atoms with E-state index in [1.54, 1.807) is 12.1 Å². The van der Waals surface area contributed by atoms with Crippen LogP contribution in [0.15, 0.2) is 84.9 Å². The Hall–Kier alpha value is -3.39. The molecule has 0 unspecified atom stereocenters. The number of hydrogen-bond donors (Lipinski definition) is 1. The van der Waals surface area contributed by atoms with Crippen molar-refractivity contribution in [2.24, 2.45) is 0 Å². The molecule has 4 rings (SSSR count). The summed E-state index contributed by atoms with van der Waals surface area (Å²) in [7, 11) is 0. The molecule has 0 atom stereocenters. The van der Waals surface area contributed by atoms with E-state index in [0.29, 0.717) is 5.75 Å². The van der Waals surface area contributed by atoms with Crippen molar-refractivity contribution in [1.82, 2.24) is 0 Å². The van der Waals surface area contributed by atoms with Gasteiger partial charge in [0.25, 0.3) is 0 Å². The van der Waals surface area contributed by atoms with Crippen LogP contribution in [0, 0.1) is 0 Å². The lowest BCUT2D eigenvalue weighted by Crippen LogP contribution is -2.06. The van der Waals surface area contributed by atoms with E-state index >= 15 is 0 Å². The number of benzene rings is 3. The van der Waals surface area contributed by atoms with Crippen LogP contribution in [0.4, 0.5) is 0 Å². The highest BCUT2D eigenvalue weighted by Crippen LogP contribution is 2.38. The van der Waals surface area contributed by atoms with Crippen molar-refractivity contribution in [2.75, 3.05) is 0 Å². The maximum absolute atomic E-state index is 12.3. The molecule has 2 nitrogen and oxygen atoms in total. The average molecular weight is 352 g/mol. The molecule has 0 amide bonds. The van der Waals surface area contributed by atoms with E-state index < -0.39 is 0 Å². The van der Waals surface area contributed by atoms with E-state index in [9.17, 15) is 9.90 Å². The predicted molar refractivity (Wildman–Crippen MR) is 110 cm³/mol. The summed E-state index contributed by atoms with van der Waals surface area (Å²) in [5, 5.41) is 10.1. The highest BCUT2D eigenvalue weighted by molar-refractivity contribution is 6.16. The Morgan fingerprint density at radius 1 is 0.815 bits per heavy atom. The Bertz CT molecular complexity index is 1070. The Labute approximate surface area is 159 Å². The van der Waals surface area contributed by atoms with Crippen LogP contribution < -0.4 is 0 Å². The quantitative estimate of drug-likeness (QED) is 0.660. The molecule has 0 saturated heterocycles. The van der Waals surface area contributed by atoms with E-state index in [1.807, 2.05) is 67.6 Å². The van der Waals surface area contributed by atoms with E-state index in [1.165, 1.54) is 0 Å². The third-order valence-electron chi connectivity index (χ3n) is 4.96. The highest BCUT2D eigenvalue weighted by Gasteiger charge is 2.20. The van der Waals surface area contributed by atoms with Crippen molar-refractivity contribution in [3.05, 3.63) is 113 Å². The second-order valence-electron chi connectivity index (χ2n) is 6.59. The van der Waals surface area contributed by atoms with E-state index in [4.69, 9.17) is 0 Å². The van der Waals surface area contributed by atoms with Gasteiger partial charge in [0.1, 0.15) is 5.75 Å². The lowest BCUT2D eigenvalue weighted by atomic mass is 9.83. The first kappa shape index (κ1) is 17.0. The topological polar surface area (TPSA) is 37.3 Å². The van der Waals surface area contributed by atoms with Crippen LogP contribution in [0.5, 0.6) is 5.75 Å². The summed E-state index contributed by atoms with van der Waals surface area (Å²) < 4.78 is 0. The zero-order valence-electron chi connectivity index (χ0n) is 15.1. The first-order chi connectivity index (χ1) is 13.2. The minimum atomic E-state index is 0.0294. The van der Waals surface area contributed by atoms with Gasteiger partial charge < -0.3 is 5.11 Å². The van der Waals surface area contributed by atoms with E-state index in [0.717, 1.165) is 45.4 Å². The average Bonchev–Trinajstić information content (AvgIpc) is 2.72. The Morgan fingerprint density at radius 2 is 1.52 bits per heavy atom. The van der Waals surface area contributed by atoms with Gasteiger partial charge in [0.15, 0.2) is 5.78 Å². The number of phenolic OH excluding ortho intramolecular Hbond substituents is 1. The summed E-state index contributed by atoms with van der Waals surface area (Å²) >= 11 is 0. The molecule has 1 aliphatic carbocycles. The fourth-order valence-corrected chi connectivity index (χ4v) is 3.60. The molecule has 132 valence electrons.